The van der Waals surface area contributed by atoms with E-state index in [-0.39, 0.29) is 0 Å². The number of quaternary nitrogens is 1. The van der Waals surface area contributed by atoms with Crippen LogP contribution < -0.4 is 19.1 Å². The van der Waals surface area contributed by atoms with Gasteiger partial charge in [0.05, 0.1) is 53.7 Å². The number of nitrogens with zero attached hydrogens (tertiary/aromatic N) is 2. The first-order valence-electron chi connectivity index (χ1n) is 9.20. The normalized spacial score (nSPS) is 15.1. The summed E-state index contributed by atoms with van der Waals surface area (Å²) < 4.78 is 16.3. The van der Waals surface area contributed by atoms with Gasteiger partial charge in [-0.1, -0.05) is 30.3 Å². The minimum atomic E-state index is 0.584. The molecule has 1 N–H and O–H groups in total. The van der Waals surface area contributed by atoms with Crippen LogP contribution in [0.2, 0.25) is 0 Å². The molecule has 0 saturated carbocycles. The van der Waals surface area contributed by atoms with Crippen LogP contribution in [-0.4, -0.2) is 58.7 Å². The van der Waals surface area contributed by atoms with Gasteiger partial charge in [0.2, 0.25) is 5.75 Å². The van der Waals surface area contributed by atoms with Crippen molar-refractivity contribution in [2.75, 3.05) is 47.5 Å². The van der Waals surface area contributed by atoms with Gasteiger partial charge in [-0.25, -0.2) is 0 Å². The summed E-state index contributed by atoms with van der Waals surface area (Å²) in [5.41, 5.74) is 2.26. The Labute approximate surface area is 160 Å². The molecule has 0 aromatic heterocycles. The van der Waals surface area contributed by atoms with Crippen LogP contribution in [0.4, 0.5) is 0 Å². The molecule has 6 heteroatoms. The van der Waals surface area contributed by atoms with Crippen molar-refractivity contribution in [2.45, 2.75) is 6.54 Å². The lowest BCUT2D eigenvalue weighted by molar-refractivity contribution is -0.918. The fourth-order valence-electron chi connectivity index (χ4n) is 3.36. The fraction of sp³-hybridized carbons (Fsp3) is 0.381. The van der Waals surface area contributed by atoms with E-state index >= 15 is 0 Å². The summed E-state index contributed by atoms with van der Waals surface area (Å²) in [6.07, 6.45) is 1.84. The molecule has 6 nitrogen and oxygen atoms in total. The highest BCUT2D eigenvalue weighted by Crippen LogP contribution is 2.39. The number of hydrogen-bond donors (Lipinski definition) is 1. The van der Waals surface area contributed by atoms with Crippen LogP contribution in [0.15, 0.2) is 47.6 Å². The molecule has 0 bridgehead atoms. The fourth-order valence-corrected chi connectivity index (χ4v) is 3.36. The molecule has 2 aromatic rings. The maximum absolute atomic E-state index is 5.51. The summed E-state index contributed by atoms with van der Waals surface area (Å²) >= 11 is 0. The van der Waals surface area contributed by atoms with Crippen molar-refractivity contribution in [3.05, 3.63) is 53.6 Å². The lowest BCUT2D eigenvalue weighted by Crippen LogP contribution is -3.13. The van der Waals surface area contributed by atoms with Gasteiger partial charge in [0.1, 0.15) is 6.54 Å². The summed E-state index contributed by atoms with van der Waals surface area (Å²) in [5.74, 6) is 1.86. The van der Waals surface area contributed by atoms with Crippen LogP contribution in [-0.2, 0) is 6.54 Å². The zero-order valence-corrected chi connectivity index (χ0v) is 16.3. The Morgan fingerprint density at radius 3 is 2.26 bits per heavy atom. The summed E-state index contributed by atoms with van der Waals surface area (Å²) in [6, 6.07) is 14.5. The number of hydrazone groups is 1. The molecule has 1 heterocycles. The van der Waals surface area contributed by atoms with Crippen LogP contribution >= 0.6 is 0 Å². The third-order valence-electron chi connectivity index (χ3n) is 4.84. The van der Waals surface area contributed by atoms with E-state index < -0.39 is 0 Å². The largest absolute Gasteiger partial charge is 0.493 e. The number of rotatable bonds is 7. The number of nitrogens with one attached hydrogen (secondary N) is 1. The van der Waals surface area contributed by atoms with Crippen molar-refractivity contribution >= 4 is 6.21 Å². The quantitative estimate of drug-likeness (QED) is 0.750. The smallest absolute Gasteiger partial charge is 0.203 e. The highest BCUT2D eigenvalue weighted by Gasteiger charge is 2.19. The van der Waals surface area contributed by atoms with Gasteiger partial charge in [-0.05, 0) is 12.1 Å². The van der Waals surface area contributed by atoms with Gasteiger partial charge in [-0.15, -0.1) is 0 Å². The van der Waals surface area contributed by atoms with Crippen molar-refractivity contribution in [3.8, 4) is 17.2 Å². The summed E-state index contributed by atoms with van der Waals surface area (Å²) in [7, 11) is 4.85. The standard InChI is InChI=1S/C21H27N3O3/c1-25-19-10-9-18(20(26-2)21(19)27-3)15-22-24-13-11-23(12-14-24)16-17-7-5-4-6-8-17/h4-10,15H,11-14,16H2,1-3H3/p+1/b22-15+. The molecule has 3 rings (SSSR count). The highest BCUT2D eigenvalue weighted by atomic mass is 16.5. The van der Waals surface area contributed by atoms with Gasteiger partial charge in [0, 0.05) is 11.1 Å². The highest BCUT2D eigenvalue weighted by molar-refractivity contribution is 5.86. The monoisotopic (exact) mass is 370 g/mol. The van der Waals surface area contributed by atoms with E-state index in [4.69, 9.17) is 14.2 Å². The lowest BCUT2D eigenvalue weighted by Gasteiger charge is -2.30. The Balaban J connectivity index is 1.61. The molecule has 1 aliphatic heterocycles. The van der Waals surface area contributed by atoms with E-state index in [1.807, 2.05) is 18.3 Å². The first-order valence-corrected chi connectivity index (χ1v) is 9.20. The molecule has 1 aliphatic rings. The zero-order valence-electron chi connectivity index (χ0n) is 16.3. The van der Waals surface area contributed by atoms with E-state index in [9.17, 15) is 0 Å². The Morgan fingerprint density at radius 1 is 0.926 bits per heavy atom. The lowest BCUT2D eigenvalue weighted by atomic mass is 10.2. The minimum Gasteiger partial charge on any atom is -0.493 e. The molecule has 1 saturated heterocycles. The molecular formula is C21H28N3O3+. The number of hydrogen-bond acceptors (Lipinski definition) is 5. The van der Waals surface area contributed by atoms with Crippen LogP contribution in [0.1, 0.15) is 11.1 Å². The molecule has 0 aliphatic carbocycles. The summed E-state index contributed by atoms with van der Waals surface area (Å²) in [6.45, 7) is 5.11. The van der Waals surface area contributed by atoms with Crippen molar-refractivity contribution in [1.82, 2.24) is 5.01 Å². The van der Waals surface area contributed by atoms with Crippen molar-refractivity contribution < 1.29 is 19.1 Å². The first kappa shape index (κ1) is 19.0. The van der Waals surface area contributed by atoms with E-state index in [2.05, 4.69) is 40.4 Å². The average Bonchev–Trinajstić information content (AvgIpc) is 2.73. The molecule has 1 fully saturated rings. The second-order valence-corrected chi connectivity index (χ2v) is 6.53. The molecule has 27 heavy (non-hydrogen) atoms. The van der Waals surface area contributed by atoms with Gasteiger partial charge in [0.15, 0.2) is 11.5 Å². The molecule has 0 atom stereocenters. The topological polar surface area (TPSA) is 47.7 Å². The van der Waals surface area contributed by atoms with E-state index in [1.165, 1.54) is 5.56 Å². The summed E-state index contributed by atoms with van der Waals surface area (Å²) in [4.78, 5) is 1.59. The number of piperazine rings is 1. The van der Waals surface area contributed by atoms with E-state index in [0.29, 0.717) is 17.2 Å². The molecule has 0 radical (unpaired) electrons. The Hall–Kier alpha value is -2.73. The predicted octanol–water partition coefficient (Wildman–Crippen LogP) is 1.45. The third kappa shape index (κ3) is 4.71. The zero-order chi connectivity index (χ0) is 19.1. The van der Waals surface area contributed by atoms with Gasteiger partial charge >= 0.3 is 0 Å². The molecule has 0 unspecified atom stereocenters. The third-order valence-corrected chi connectivity index (χ3v) is 4.84. The summed E-state index contributed by atoms with van der Waals surface area (Å²) in [5, 5.41) is 6.77. The van der Waals surface area contributed by atoms with Crippen molar-refractivity contribution in [1.29, 1.82) is 0 Å². The molecular weight excluding hydrogens is 342 g/mol. The second kappa shape index (κ2) is 9.28. The predicted molar refractivity (Wildman–Crippen MR) is 106 cm³/mol. The second-order valence-electron chi connectivity index (χ2n) is 6.53. The molecule has 0 amide bonds. The van der Waals surface area contributed by atoms with Crippen molar-refractivity contribution in [2.24, 2.45) is 5.10 Å². The van der Waals surface area contributed by atoms with E-state index in [0.717, 1.165) is 38.3 Å². The molecule has 144 valence electrons. The van der Waals surface area contributed by atoms with Gasteiger partial charge in [-0.2, -0.15) is 5.10 Å². The maximum Gasteiger partial charge on any atom is 0.203 e. The van der Waals surface area contributed by atoms with Crippen LogP contribution in [0.3, 0.4) is 0 Å². The van der Waals surface area contributed by atoms with Crippen molar-refractivity contribution in [3.63, 3.8) is 0 Å². The number of ether oxygens (including phenoxy) is 3. The number of benzene rings is 2. The Morgan fingerprint density at radius 2 is 1.63 bits per heavy atom. The van der Waals surface area contributed by atoms with Crippen LogP contribution in [0, 0.1) is 0 Å². The SMILES string of the molecule is COc1ccc(/C=N/N2CC[NH+](Cc3ccccc3)CC2)c(OC)c1OC. The maximum atomic E-state index is 5.51. The first-order chi connectivity index (χ1) is 13.2. The number of methoxy groups -OCH3 is 3. The van der Waals surface area contributed by atoms with Gasteiger partial charge in [-0.3, -0.25) is 5.01 Å². The Bertz CT molecular complexity index is 757. The molecule has 0 spiro atoms. The molecule has 2 aromatic carbocycles. The minimum absolute atomic E-state index is 0.584. The Kier molecular flexibility index (Phi) is 6.54. The van der Waals surface area contributed by atoms with Crippen LogP contribution in [0.5, 0.6) is 17.2 Å². The average molecular weight is 370 g/mol. The van der Waals surface area contributed by atoms with Crippen LogP contribution in [0.25, 0.3) is 0 Å². The van der Waals surface area contributed by atoms with E-state index in [1.54, 1.807) is 26.2 Å². The van der Waals surface area contributed by atoms with Gasteiger partial charge < -0.3 is 19.1 Å². The van der Waals surface area contributed by atoms with Gasteiger partial charge in [0.25, 0.3) is 0 Å².